The first kappa shape index (κ1) is 30.9. The van der Waals surface area contributed by atoms with Gasteiger partial charge in [-0.15, -0.1) is 0 Å². The monoisotopic (exact) mass is 626 g/mol. The molecule has 2 saturated heterocycles. The van der Waals surface area contributed by atoms with Gasteiger partial charge in [0.15, 0.2) is 5.75 Å². The molecule has 0 atom stereocenters. The van der Waals surface area contributed by atoms with Crippen LogP contribution in [0.3, 0.4) is 0 Å². The summed E-state index contributed by atoms with van der Waals surface area (Å²) in [4.78, 5) is 43.1. The number of likely N-dealkylation sites (tertiary alicyclic amines) is 1. The molecule has 4 heterocycles. The maximum Gasteiger partial charge on any atom is 0.236 e. The topological polar surface area (TPSA) is 130 Å². The zero-order valence-electron chi connectivity index (χ0n) is 24.1. The second-order valence-electron chi connectivity index (χ2n) is 10.9. The molecule has 2 amide bonds. The Hall–Kier alpha value is -3.51. The van der Waals surface area contributed by atoms with Gasteiger partial charge in [0.25, 0.3) is 0 Å². The largest absolute Gasteiger partial charge is 0.436 e. The van der Waals surface area contributed by atoms with Crippen LogP contribution >= 0.6 is 23.2 Å². The number of hydrogen-bond acceptors (Lipinski definition) is 9. The van der Waals surface area contributed by atoms with Gasteiger partial charge in [-0.2, -0.15) is 0 Å². The van der Waals surface area contributed by atoms with Crippen molar-refractivity contribution >= 4 is 41.0 Å². The second-order valence-corrected chi connectivity index (χ2v) is 11.8. The number of nitrogens with zero attached hydrogens (tertiary/aromatic N) is 6. The summed E-state index contributed by atoms with van der Waals surface area (Å²) in [5.74, 6) is 1.89. The van der Waals surface area contributed by atoms with E-state index in [4.69, 9.17) is 38.7 Å². The number of nitrogens with one attached hydrogen (secondary N) is 1. The van der Waals surface area contributed by atoms with Crippen molar-refractivity contribution < 1.29 is 14.3 Å². The number of carbonyl (C=O) groups is 2. The van der Waals surface area contributed by atoms with E-state index in [0.717, 1.165) is 50.1 Å². The molecular formula is C30H36Cl2N8O3. The predicted molar refractivity (Wildman–Crippen MR) is 166 cm³/mol. The van der Waals surface area contributed by atoms with Crippen molar-refractivity contribution in [2.24, 2.45) is 11.7 Å². The molecule has 2 aliphatic rings. The van der Waals surface area contributed by atoms with Crippen LogP contribution in [0, 0.1) is 5.92 Å². The summed E-state index contributed by atoms with van der Waals surface area (Å²) in [6.07, 6.45) is 5.30. The fourth-order valence-corrected chi connectivity index (χ4v) is 5.90. The van der Waals surface area contributed by atoms with Crippen LogP contribution in [-0.2, 0) is 16.1 Å². The lowest BCUT2D eigenvalue weighted by Gasteiger charge is -2.34. The highest BCUT2D eigenvalue weighted by molar-refractivity contribution is 6.35. The van der Waals surface area contributed by atoms with Gasteiger partial charge in [-0.3, -0.25) is 14.5 Å². The lowest BCUT2D eigenvalue weighted by molar-refractivity contribution is -0.130. The Kier molecular flexibility index (Phi) is 10.3. The Morgan fingerprint density at radius 1 is 0.977 bits per heavy atom. The molecule has 2 fully saturated rings. The first-order chi connectivity index (χ1) is 20.7. The lowest BCUT2D eigenvalue weighted by Crippen LogP contribution is -2.50. The standard InChI is InChI=1S/C30H36Cl2N8O3/c1-20(41)34-16-21-2-4-38(5-3-21)19-22-10-27(23-12-24(31)14-25(32)13-23)37-28(11-22)43-26-17-35-30(36-18-26)40-8-6-39(7-9-40)29(42)15-33/h10-14,17-18,21H,2-9,15-16,19,33H2,1H3,(H,34,41). The molecule has 1 aromatic carbocycles. The quantitative estimate of drug-likeness (QED) is 0.366. The van der Waals surface area contributed by atoms with Crippen LogP contribution in [0.1, 0.15) is 25.3 Å². The van der Waals surface area contributed by atoms with Crippen LogP contribution in [0.15, 0.2) is 42.7 Å². The molecule has 0 bridgehead atoms. The minimum Gasteiger partial charge on any atom is -0.436 e. The van der Waals surface area contributed by atoms with Crippen LogP contribution in [0.5, 0.6) is 11.6 Å². The summed E-state index contributed by atoms with van der Waals surface area (Å²) in [5.41, 5.74) is 8.01. The molecule has 13 heteroatoms. The van der Waals surface area contributed by atoms with E-state index in [9.17, 15) is 9.59 Å². The van der Waals surface area contributed by atoms with Crippen molar-refractivity contribution in [2.75, 3.05) is 57.3 Å². The van der Waals surface area contributed by atoms with Crippen molar-refractivity contribution in [3.63, 3.8) is 0 Å². The van der Waals surface area contributed by atoms with Crippen molar-refractivity contribution in [3.05, 3.63) is 58.3 Å². The molecule has 5 rings (SSSR count). The van der Waals surface area contributed by atoms with Crippen molar-refractivity contribution in [1.29, 1.82) is 0 Å². The summed E-state index contributed by atoms with van der Waals surface area (Å²) in [7, 11) is 0. The van der Waals surface area contributed by atoms with Gasteiger partial charge < -0.3 is 25.6 Å². The van der Waals surface area contributed by atoms with Gasteiger partial charge in [0.2, 0.25) is 23.6 Å². The highest BCUT2D eigenvalue weighted by atomic mass is 35.5. The number of ether oxygens (including phenoxy) is 1. The predicted octanol–water partition coefficient (Wildman–Crippen LogP) is 3.59. The molecule has 0 radical (unpaired) electrons. The minimum absolute atomic E-state index is 0.0132. The number of hydrogen-bond donors (Lipinski definition) is 2. The van der Waals surface area contributed by atoms with Crippen LogP contribution in [0.2, 0.25) is 10.0 Å². The summed E-state index contributed by atoms with van der Waals surface area (Å²) in [6.45, 7) is 7.31. The van der Waals surface area contributed by atoms with Gasteiger partial charge in [0.05, 0.1) is 24.6 Å². The van der Waals surface area contributed by atoms with E-state index in [0.29, 0.717) is 65.4 Å². The first-order valence-corrected chi connectivity index (χ1v) is 15.2. The smallest absolute Gasteiger partial charge is 0.236 e. The minimum atomic E-state index is -0.0510. The fourth-order valence-electron chi connectivity index (χ4n) is 5.38. The molecule has 0 spiro atoms. The van der Waals surface area contributed by atoms with E-state index in [2.05, 4.69) is 20.2 Å². The first-order valence-electron chi connectivity index (χ1n) is 14.4. The summed E-state index contributed by atoms with van der Waals surface area (Å²) >= 11 is 12.6. The maximum absolute atomic E-state index is 11.9. The Bertz CT molecular complexity index is 1410. The van der Waals surface area contributed by atoms with E-state index in [1.165, 1.54) is 0 Å². The number of halogens is 2. The molecule has 0 aliphatic carbocycles. The third-order valence-corrected chi connectivity index (χ3v) is 8.14. The molecule has 0 saturated carbocycles. The third-order valence-electron chi connectivity index (χ3n) is 7.70. The average Bonchev–Trinajstić information content (AvgIpc) is 3.00. The van der Waals surface area contributed by atoms with Crippen LogP contribution in [-0.4, -0.2) is 88.9 Å². The number of nitrogens with two attached hydrogens (primary N) is 1. The fraction of sp³-hybridized carbons (Fsp3) is 0.433. The molecule has 2 aliphatic heterocycles. The normalized spacial score (nSPS) is 16.3. The van der Waals surface area contributed by atoms with Crippen molar-refractivity contribution in [1.82, 2.24) is 30.1 Å². The number of amides is 2. The van der Waals surface area contributed by atoms with Crippen LogP contribution < -0.4 is 20.7 Å². The molecule has 228 valence electrons. The van der Waals surface area contributed by atoms with Gasteiger partial charge in [-0.05, 0) is 61.7 Å². The molecule has 11 nitrogen and oxygen atoms in total. The lowest BCUT2D eigenvalue weighted by atomic mass is 9.96. The molecule has 3 N–H and O–H groups in total. The summed E-state index contributed by atoms with van der Waals surface area (Å²) in [5, 5.41) is 3.99. The van der Waals surface area contributed by atoms with E-state index in [-0.39, 0.29) is 18.4 Å². The highest BCUT2D eigenvalue weighted by Crippen LogP contribution is 2.31. The van der Waals surface area contributed by atoms with Gasteiger partial charge in [-0.1, -0.05) is 23.2 Å². The zero-order valence-corrected chi connectivity index (χ0v) is 25.7. The van der Waals surface area contributed by atoms with E-state index < -0.39 is 0 Å². The Balaban J connectivity index is 1.29. The van der Waals surface area contributed by atoms with Crippen molar-refractivity contribution in [2.45, 2.75) is 26.3 Å². The Labute approximate surface area is 261 Å². The summed E-state index contributed by atoms with van der Waals surface area (Å²) < 4.78 is 6.16. The van der Waals surface area contributed by atoms with E-state index in [1.54, 1.807) is 30.3 Å². The molecular weight excluding hydrogens is 591 g/mol. The molecule has 2 aromatic heterocycles. The van der Waals surface area contributed by atoms with E-state index >= 15 is 0 Å². The Morgan fingerprint density at radius 3 is 2.28 bits per heavy atom. The third kappa shape index (κ3) is 8.54. The molecule has 3 aromatic rings. The number of rotatable bonds is 9. The SMILES string of the molecule is CC(=O)NCC1CCN(Cc2cc(Oc3cnc(N4CCN(C(=O)CN)CC4)nc3)nc(-c3cc(Cl)cc(Cl)c3)c2)CC1. The van der Waals surface area contributed by atoms with Gasteiger partial charge in [-0.25, -0.2) is 15.0 Å². The van der Waals surface area contributed by atoms with Crippen molar-refractivity contribution in [3.8, 4) is 22.9 Å². The Morgan fingerprint density at radius 2 is 1.65 bits per heavy atom. The van der Waals surface area contributed by atoms with Gasteiger partial charge in [0.1, 0.15) is 0 Å². The number of aromatic nitrogens is 3. The number of carbonyl (C=O) groups excluding carboxylic acids is 2. The number of piperidine rings is 1. The summed E-state index contributed by atoms with van der Waals surface area (Å²) in [6, 6.07) is 9.31. The maximum atomic E-state index is 11.9. The number of anilines is 1. The average molecular weight is 628 g/mol. The molecule has 43 heavy (non-hydrogen) atoms. The second kappa shape index (κ2) is 14.3. The number of piperazine rings is 1. The highest BCUT2D eigenvalue weighted by Gasteiger charge is 2.23. The van der Waals surface area contributed by atoms with Gasteiger partial charge >= 0.3 is 0 Å². The van der Waals surface area contributed by atoms with Gasteiger partial charge in [0, 0.05) is 67.9 Å². The zero-order chi connectivity index (χ0) is 30.3. The van der Waals surface area contributed by atoms with E-state index in [1.807, 2.05) is 29.2 Å². The van der Waals surface area contributed by atoms with Crippen LogP contribution in [0.25, 0.3) is 11.3 Å². The number of benzene rings is 1. The molecule has 0 unspecified atom stereocenters. The van der Waals surface area contributed by atoms with Crippen LogP contribution in [0.4, 0.5) is 5.95 Å². The number of pyridine rings is 1.